The molecule has 0 aromatic rings. The molecule has 0 radical (unpaired) electrons. The van der Waals surface area contributed by atoms with Crippen LogP contribution in [0.15, 0.2) is 0 Å². The van der Waals surface area contributed by atoms with E-state index < -0.39 is 0 Å². The minimum atomic E-state index is -0.222. The van der Waals surface area contributed by atoms with Crippen LogP contribution in [0.2, 0.25) is 0 Å². The Hall–Kier alpha value is 0.200. The molecule has 1 spiro atoms. The summed E-state index contributed by atoms with van der Waals surface area (Å²) in [6.45, 7) is 12.5. The van der Waals surface area contributed by atoms with Crippen LogP contribution in [0.5, 0.6) is 0 Å². The fourth-order valence-corrected chi connectivity index (χ4v) is 11.7. The standard InChI is InChI=1S/C28H46O2S2/c1-17(2)7-6-8-18(3)21-9-10-22-20-15-24-28(30-25(31)32-24)16-19(29)11-14-27(28,5)23(20)12-13-26(21,22)4/h17-24,29H,6-16H2,1-5H3. The zero-order valence-corrected chi connectivity index (χ0v) is 22.7. The van der Waals surface area contributed by atoms with Crippen LogP contribution in [0, 0.1) is 46.3 Å². The van der Waals surface area contributed by atoms with Gasteiger partial charge in [-0.3, -0.25) is 0 Å². The van der Waals surface area contributed by atoms with Crippen molar-refractivity contribution in [3.05, 3.63) is 0 Å². The van der Waals surface area contributed by atoms with Gasteiger partial charge in [-0.05, 0) is 98.1 Å². The van der Waals surface area contributed by atoms with E-state index in [-0.39, 0.29) is 17.1 Å². The summed E-state index contributed by atoms with van der Waals surface area (Å²) < 4.78 is 7.32. The summed E-state index contributed by atoms with van der Waals surface area (Å²) in [4.78, 5) is 0. The molecular formula is C28H46O2S2. The predicted octanol–water partition coefficient (Wildman–Crippen LogP) is 7.62. The Morgan fingerprint density at radius 1 is 1.06 bits per heavy atom. The van der Waals surface area contributed by atoms with Crippen molar-refractivity contribution in [3.8, 4) is 0 Å². The zero-order chi connectivity index (χ0) is 22.9. The van der Waals surface area contributed by atoms with E-state index in [1.807, 2.05) is 11.8 Å². The van der Waals surface area contributed by atoms with Crippen LogP contribution in [0.25, 0.3) is 0 Å². The molecule has 32 heavy (non-hydrogen) atoms. The average Bonchev–Trinajstić information content (AvgIpc) is 3.22. The molecule has 1 N–H and O–H groups in total. The smallest absolute Gasteiger partial charge is 0.221 e. The molecule has 0 aromatic carbocycles. The molecule has 0 amide bonds. The summed E-state index contributed by atoms with van der Waals surface area (Å²) in [5, 5.41) is 11.1. The molecule has 0 bridgehead atoms. The van der Waals surface area contributed by atoms with Crippen molar-refractivity contribution in [2.24, 2.45) is 46.3 Å². The van der Waals surface area contributed by atoms with E-state index in [9.17, 15) is 5.11 Å². The minimum absolute atomic E-state index is 0.162. The normalized spacial score (nSPS) is 50.9. The maximum absolute atomic E-state index is 10.6. The molecule has 1 saturated heterocycles. The van der Waals surface area contributed by atoms with Gasteiger partial charge in [0, 0.05) is 11.8 Å². The van der Waals surface area contributed by atoms with Gasteiger partial charge in [-0.1, -0.05) is 65.6 Å². The van der Waals surface area contributed by atoms with Gasteiger partial charge >= 0.3 is 0 Å². The number of fused-ring (bicyclic) bond motifs is 4. The number of hydrogen-bond donors (Lipinski definition) is 1. The van der Waals surface area contributed by atoms with E-state index in [2.05, 4.69) is 34.6 Å². The van der Waals surface area contributed by atoms with E-state index in [1.165, 1.54) is 51.4 Å². The largest absolute Gasteiger partial charge is 0.470 e. The number of aliphatic hydroxyl groups is 1. The Morgan fingerprint density at radius 2 is 1.84 bits per heavy atom. The third kappa shape index (κ3) is 3.47. The van der Waals surface area contributed by atoms with Crippen molar-refractivity contribution in [3.63, 3.8) is 0 Å². The fourth-order valence-electron chi connectivity index (χ4n) is 9.89. The Balaban J connectivity index is 1.39. The third-order valence-corrected chi connectivity index (χ3v) is 13.0. The van der Waals surface area contributed by atoms with Gasteiger partial charge in [-0.2, -0.15) is 0 Å². The molecule has 182 valence electrons. The van der Waals surface area contributed by atoms with Gasteiger partial charge in [0.25, 0.3) is 0 Å². The van der Waals surface area contributed by atoms with Gasteiger partial charge in [-0.15, -0.1) is 0 Å². The van der Waals surface area contributed by atoms with Crippen LogP contribution in [-0.2, 0) is 4.74 Å². The molecule has 5 fully saturated rings. The van der Waals surface area contributed by atoms with Crippen LogP contribution in [0.3, 0.4) is 0 Å². The molecule has 1 heterocycles. The minimum Gasteiger partial charge on any atom is -0.470 e. The highest BCUT2D eigenvalue weighted by molar-refractivity contribution is 8.23. The van der Waals surface area contributed by atoms with Crippen molar-refractivity contribution in [1.82, 2.24) is 0 Å². The monoisotopic (exact) mass is 478 g/mol. The van der Waals surface area contributed by atoms with Gasteiger partial charge in [-0.25, -0.2) is 0 Å². The van der Waals surface area contributed by atoms with Crippen LogP contribution >= 0.6 is 24.0 Å². The zero-order valence-electron chi connectivity index (χ0n) is 21.1. The van der Waals surface area contributed by atoms with Crippen molar-refractivity contribution in [2.75, 3.05) is 0 Å². The van der Waals surface area contributed by atoms with Crippen molar-refractivity contribution >= 4 is 28.4 Å². The van der Waals surface area contributed by atoms with Crippen molar-refractivity contribution < 1.29 is 9.84 Å². The lowest BCUT2D eigenvalue weighted by Crippen LogP contribution is -2.67. The van der Waals surface area contributed by atoms with Gasteiger partial charge in [0.2, 0.25) is 4.38 Å². The molecule has 1 aliphatic heterocycles. The predicted molar refractivity (Wildman–Crippen MR) is 139 cm³/mol. The van der Waals surface area contributed by atoms with E-state index >= 15 is 0 Å². The first-order chi connectivity index (χ1) is 15.1. The highest BCUT2D eigenvalue weighted by Crippen LogP contribution is 2.72. The molecular weight excluding hydrogens is 432 g/mol. The lowest BCUT2D eigenvalue weighted by molar-refractivity contribution is -0.203. The quantitative estimate of drug-likeness (QED) is 0.412. The Kier molecular flexibility index (Phi) is 6.28. The number of aliphatic hydroxyl groups excluding tert-OH is 1. The van der Waals surface area contributed by atoms with Gasteiger partial charge in [0.1, 0.15) is 5.60 Å². The molecule has 2 nitrogen and oxygen atoms in total. The summed E-state index contributed by atoms with van der Waals surface area (Å²) in [7, 11) is 0. The third-order valence-electron chi connectivity index (χ3n) is 11.5. The Morgan fingerprint density at radius 3 is 2.59 bits per heavy atom. The van der Waals surface area contributed by atoms with Gasteiger partial charge < -0.3 is 9.84 Å². The molecule has 5 aliphatic rings. The summed E-state index contributed by atoms with van der Waals surface area (Å²) in [6.07, 6.45) is 13.7. The van der Waals surface area contributed by atoms with E-state index in [0.717, 1.165) is 59.2 Å². The SMILES string of the molecule is CC(C)CCCC(C)C1CCC2C3CC4SC(=S)OC45CC(O)CCC5(C)C3CCC12C. The summed E-state index contributed by atoms with van der Waals surface area (Å²) in [5.41, 5.74) is 0.465. The van der Waals surface area contributed by atoms with Crippen LogP contribution < -0.4 is 0 Å². The lowest BCUT2D eigenvalue weighted by Gasteiger charge is -2.65. The van der Waals surface area contributed by atoms with Gasteiger partial charge in [0.05, 0.1) is 11.4 Å². The number of rotatable bonds is 5. The van der Waals surface area contributed by atoms with Gasteiger partial charge in [0.15, 0.2) is 0 Å². The second-order valence-corrected chi connectivity index (χ2v) is 15.1. The molecule has 5 rings (SSSR count). The summed E-state index contributed by atoms with van der Waals surface area (Å²) in [6, 6.07) is 0. The lowest BCUT2D eigenvalue weighted by atomic mass is 9.42. The first-order valence-electron chi connectivity index (χ1n) is 13.7. The fraction of sp³-hybridized carbons (Fsp3) is 0.964. The second kappa shape index (κ2) is 8.40. The molecule has 4 saturated carbocycles. The second-order valence-electron chi connectivity index (χ2n) is 13.3. The van der Waals surface area contributed by atoms with E-state index in [0.29, 0.717) is 10.7 Å². The first-order valence-corrected chi connectivity index (χ1v) is 15.0. The summed E-state index contributed by atoms with van der Waals surface area (Å²) in [5.74, 6) is 5.02. The van der Waals surface area contributed by atoms with Crippen LogP contribution in [0.4, 0.5) is 0 Å². The van der Waals surface area contributed by atoms with E-state index in [4.69, 9.17) is 17.0 Å². The average molecular weight is 479 g/mol. The topological polar surface area (TPSA) is 29.5 Å². The van der Waals surface area contributed by atoms with Crippen LogP contribution in [0.1, 0.15) is 105 Å². The van der Waals surface area contributed by atoms with Crippen molar-refractivity contribution in [1.29, 1.82) is 0 Å². The van der Waals surface area contributed by atoms with Crippen LogP contribution in [-0.4, -0.2) is 26.4 Å². The molecule has 0 aromatic heterocycles. The number of hydrogen-bond acceptors (Lipinski definition) is 4. The molecule has 10 atom stereocenters. The maximum atomic E-state index is 10.6. The number of ether oxygens (including phenoxy) is 1. The molecule has 4 aliphatic carbocycles. The Labute approximate surface area is 206 Å². The maximum Gasteiger partial charge on any atom is 0.221 e. The highest BCUT2D eigenvalue weighted by atomic mass is 32.2. The van der Waals surface area contributed by atoms with Crippen molar-refractivity contribution in [2.45, 2.75) is 122 Å². The highest BCUT2D eigenvalue weighted by Gasteiger charge is 2.71. The summed E-state index contributed by atoms with van der Waals surface area (Å²) >= 11 is 7.47. The van der Waals surface area contributed by atoms with E-state index in [1.54, 1.807) is 0 Å². The Bertz CT molecular complexity index is 739. The first kappa shape index (κ1) is 23.9. The molecule has 4 heteroatoms. The molecule has 10 unspecified atom stereocenters. The number of thiocarbonyl (C=S) groups is 1. The number of thioether (sulfide) groups is 1.